The number of nitrogens with one attached hydrogen (secondary N) is 1. The molecule has 3 rings (SSSR count). The molecular formula is C18H17NO3S. The second-order valence-electron chi connectivity index (χ2n) is 5.53. The van der Waals surface area contributed by atoms with Gasteiger partial charge >= 0.3 is 0 Å². The van der Waals surface area contributed by atoms with Gasteiger partial charge in [0.05, 0.1) is 5.25 Å². The molecule has 2 aromatic carbocycles. The number of amides is 2. The van der Waals surface area contributed by atoms with Gasteiger partial charge in [-0.3, -0.25) is 14.9 Å². The number of hydrogen-bond donors (Lipinski definition) is 1. The van der Waals surface area contributed by atoms with Gasteiger partial charge in [0.2, 0.25) is 5.91 Å². The first-order valence-electron chi connectivity index (χ1n) is 7.37. The van der Waals surface area contributed by atoms with Gasteiger partial charge in [0.1, 0.15) is 11.5 Å². The van der Waals surface area contributed by atoms with Gasteiger partial charge in [0.25, 0.3) is 5.24 Å². The van der Waals surface area contributed by atoms with Crippen molar-refractivity contribution in [2.45, 2.75) is 25.5 Å². The predicted molar refractivity (Wildman–Crippen MR) is 91.1 cm³/mol. The molecule has 2 amide bonds. The van der Waals surface area contributed by atoms with Crippen LogP contribution in [-0.2, 0) is 11.2 Å². The van der Waals surface area contributed by atoms with Gasteiger partial charge in [-0.15, -0.1) is 0 Å². The standard InChI is InChI=1S/C18H17NO3S/c1-11-4-3-5-15(12(11)2)22-14-8-6-13(7-9-14)10-16-17(20)19-18(21)23-16/h3-9,16H,10H2,1-2H3,(H,19,20,21). The fraction of sp³-hybridized carbons (Fsp3) is 0.222. The first-order valence-corrected chi connectivity index (χ1v) is 8.25. The van der Waals surface area contributed by atoms with E-state index >= 15 is 0 Å². The molecular weight excluding hydrogens is 310 g/mol. The van der Waals surface area contributed by atoms with Gasteiger partial charge in [0.15, 0.2) is 0 Å². The Balaban J connectivity index is 1.69. The van der Waals surface area contributed by atoms with Gasteiger partial charge < -0.3 is 4.74 Å². The molecule has 0 saturated carbocycles. The summed E-state index contributed by atoms with van der Waals surface area (Å²) in [4.78, 5) is 22.8. The van der Waals surface area contributed by atoms with Crippen LogP contribution in [0.1, 0.15) is 16.7 Å². The highest BCUT2D eigenvalue weighted by atomic mass is 32.2. The number of carbonyl (C=O) groups is 2. The normalized spacial score (nSPS) is 17.2. The molecule has 0 aromatic heterocycles. The monoisotopic (exact) mass is 327 g/mol. The highest BCUT2D eigenvalue weighted by molar-refractivity contribution is 8.15. The number of carbonyl (C=O) groups excluding carboxylic acids is 2. The third-order valence-electron chi connectivity index (χ3n) is 3.89. The molecule has 4 nitrogen and oxygen atoms in total. The van der Waals surface area contributed by atoms with Gasteiger partial charge in [0, 0.05) is 0 Å². The van der Waals surface area contributed by atoms with Gasteiger partial charge in [-0.25, -0.2) is 0 Å². The number of imide groups is 1. The average molecular weight is 327 g/mol. The van der Waals surface area contributed by atoms with Crippen LogP contribution in [-0.4, -0.2) is 16.4 Å². The highest BCUT2D eigenvalue weighted by Gasteiger charge is 2.31. The van der Waals surface area contributed by atoms with E-state index in [4.69, 9.17) is 4.74 Å². The van der Waals surface area contributed by atoms with E-state index < -0.39 is 0 Å². The minimum Gasteiger partial charge on any atom is -0.457 e. The molecule has 1 atom stereocenters. The van der Waals surface area contributed by atoms with Crippen molar-refractivity contribution in [3.05, 3.63) is 59.2 Å². The molecule has 1 aliphatic heterocycles. The maximum Gasteiger partial charge on any atom is 0.286 e. The molecule has 0 radical (unpaired) electrons. The van der Waals surface area contributed by atoms with Gasteiger partial charge in [-0.2, -0.15) is 0 Å². The maximum absolute atomic E-state index is 11.6. The van der Waals surface area contributed by atoms with Crippen LogP contribution in [0.15, 0.2) is 42.5 Å². The molecule has 2 aromatic rings. The van der Waals surface area contributed by atoms with E-state index in [-0.39, 0.29) is 16.4 Å². The van der Waals surface area contributed by atoms with Crippen LogP contribution >= 0.6 is 11.8 Å². The van der Waals surface area contributed by atoms with Crippen LogP contribution in [0, 0.1) is 13.8 Å². The first kappa shape index (κ1) is 15.6. The zero-order valence-corrected chi connectivity index (χ0v) is 13.8. The fourth-order valence-corrected chi connectivity index (χ4v) is 3.26. The summed E-state index contributed by atoms with van der Waals surface area (Å²) in [6, 6.07) is 13.6. The molecule has 0 bridgehead atoms. The Kier molecular flexibility index (Phi) is 4.39. The molecule has 1 fully saturated rings. The Bertz CT molecular complexity index is 755. The number of aryl methyl sites for hydroxylation is 1. The van der Waals surface area contributed by atoms with Crippen LogP contribution in [0.4, 0.5) is 4.79 Å². The van der Waals surface area contributed by atoms with Crippen molar-refractivity contribution < 1.29 is 14.3 Å². The van der Waals surface area contributed by atoms with E-state index in [1.807, 2.05) is 43.3 Å². The second kappa shape index (κ2) is 6.46. The quantitative estimate of drug-likeness (QED) is 0.922. The minimum absolute atomic E-state index is 0.212. The van der Waals surface area contributed by atoms with Crippen LogP contribution in [0.5, 0.6) is 11.5 Å². The zero-order valence-electron chi connectivity index (χ0n) is 13.0. The summed E-state index contributed by atoms with van der Waals surface area (Å²) in [6.45, 7) is 4.09. The summed E-state index contributed by atoms with van der Waals surface area (Å²) in [5.41, 5.74) is 3.31. The Morgan fingerprint density at radius 3 is 2.48 bits per heavy atom. The summed E-state index contributed by atoms with van der Waals surface area (Å²) >= 11 is 1.05. The zero-order chi connectivity index (χ0) is 16.4. The molecule has 0 spiro atoms. The predicted octanol–water partition coefficient (Wildman–Crippen LogP) is 3.99. The lowest BCUT2D eigenvalue weighted by atomic mass is 10.1. The Morgan fingerprint density at radius 1 is 1.09 bits per heavy atom. The van der Waals surface area contributed by atoms with E-state index in [1.165, 1.54) is 5.56 Å². The number of ether oxygens (including phenoxy) is 1. The van der Waals surface area contributed by atoms with Gasteiger partial charge in [-0.05, 0) is 55.2 Å². The SMILES string of the molecule is Cc1cccc(Oc2ccc(CC3SC(=O)NC3=O)cc2)c1C. The van der Waals surface area contributed by atoms with Gasteiger partial charge in [-0.1, -0.05) is 36.0 Å². The number of benzene rings is 2. The van der Waals surface area contributed by atoms with E-state index in [9.17, 15) is 9.59 Å². The van der Waals surface area contributed by atoms with Crippen molar-refractivity contribution in [1.82, 2.24) is 5.32 Å². The molecule has 1 N–H and O–H groups in total. The van der Waals surface area contributed by atoms with Crippen molar-refractivity contribution >= 4 is 22.9 Å². The Labute approximate surface area is 139 Å². The molecule has 1 unspecified atom stereocenters. The fourth-order valence-electron chi connectivity index (χ4n) is 2.40. The van der Waals surface area contributed by atoms with E-state index in [0.717, 1.165) is 34.4 Å². The summed E-state index contributed by atoms with van der Waals surface area (Å²) in [5, 5.41) is 1.69. The number of hydrogen-bond acceptors (Lipinski definition) is 4. The van der Waals surface area contributed by atoms with Crippen molar-refractivity contribution in [3.8, 4) is 11.5 Å². The lowest BCUT2D eigenvalue weighted by molar-refractivity contribution is -0.118. The van der Waals surface area contributed by atoms with E-state index in [0.29, 0.717) is 6.42 Å². The van der Waals surface area contributed by atoms with Crippen molar-refractivity contribution in [3.63, 3.8) is 0 Å². The summed E-state index contributed by atoms with van der Waals surface area (Å²) < 4.78 is 5.91. The molecule has 23 heavy (non-hydrogen) atoms. The number of thioether (sulfide) groups is 1. The van der Waals surface area contributed by atoms with Crippen molar-refractivity contribution in [1.29, 1.82) is 0 Å². The summed E-state index contributed by atoms with van der Waals surface area (Å²) in [6.07, 6.45) is 0.534. The Morgan fingerprint density at radius 2 is 1.83 bits per heavy atom. The lowest BCUT2D eigenvalue weighted by Crippen LogP contribution is -2.25. The highest BCUT2D eigenvalue weighted by Crippen LogP contribution is 2.28. The Hall–Kier alpha value is -2.27. The topological polar surface area (TPSA) is 55.4 Å². The average Bonchev–Trinajstić information content (AvgIpc) is 2.83. The largest absolute Gasteiger partial charge is 0.457 e. The third-order valence-corrected chi connectivity index (χ3v) is 4.88. The van der Waals surface area contributed by atoms with Crippen LogP contribution in [0.3, 0.4) is 0 Å². The molecule has 0 aliphatic carbocycles. The number of rotatable bonds is 4. The molecule has 1 aliphatic rings. The maximum atomic E-state index is 11.6. The van der Waals surface area contributed by atoms with E-state index in [2.05, 4.69) is 18.3 Å². The minimum atomic E-state index is -0.340. The van der Waals surface area contributed by atoms with Crippen LogP contribution < -0.4 is 10.1 Å². The second-order valence-corrected chi connectivity index (χ2v) is 6.71. The smallest absolute Gasteiger partial charge is 0.286 e. The van der Waals surface area contributed by atoms with Crippen LogP contribution in [0.25, 0.3) is 0 Å². The molecule has 1 saturated heterocycles. The van der Waals surface area contributed by atoms with E-state index in [1.54, 1.807) is 0 Å². The molecule has 118 valence electrons. The first-order chi connectivity index (χ1) is 11.0. The molecule has 1 heterocycles. The van der Waals surface area contributed by atoms with Crippen molar-refractivity contribution in [2.75, 3.05) is 0 Å². The molecule has 5 heteroatoms. The summed E-state index contributed by atoms with van der Waals surface area (Å²) in [5.74, 6) is 1.38. The van der Waals surface area contributed by atoms with Crippen LogP contribution in [0.2, 0.25) is 0 Å². The van der Waals surface area contributed by atoms with Crippen molar-refractivity contribution in [2.24, 2.45) is 0 Å². The lowest BCUT2D eigenvalue weighted by Gasteiger charge is -2.11. The third kappa shape index (κ3) is 3.56. The summed E-state index contributed by atoms with van der Waals surface area (Å²) in [7, 11) is 0.